The lowest BCUT2D eigenvalue weighted by Gasteiger charge is -2.37. The number of carbonyl (C=O) groups excluding carboxylic acids is 2. The van der Waals surface area contributed by atoms with Gasteiger partial charge < -0.3 is 14.8 Å². The highest BCUT2D eigenvalue weighted by Gasteiger charge is 2.61. The van der Waals surface area contributed by atoms with E-state index in [1.807, 2.05) is 0 Å². The van der Waals surface area contributed by atoms with Gasteiger partial charge in [-0.25, -0.2) is 18.7 Å². The fourth-order valence-electron chi connectivity index (χ4n) is 4.17. The Hall–Kier alpha value is -3.36. The second-order valence-corrected chi connectivity index (χ2v) is 9.62. The number of hydrogen-bond acceptors (Lipinski definition) is 6. The third-order valence-electron chi connectivity index (χ3n) is 5.92. The molecule has 0 unspecified atom stereocenters. The van der Waals surface area contributed by atoms with Gasteiger partial charge in [-0.2, -0.15) is 13.2 Å². The van der Waals surface area contributed by atoms with E-state index < -0.39 is 54.8 Å². The minimum absolute atomic E-state index is 0.237. The maximum Gasteiger partial charge on any atom is 0.419 e. The van der Waals surface area contributed by atoms with E-state index in [1.165, 1.54) is 36.7 Å². The topological polar surface area (TPSA) is 94.5 Å². The summed E-state index contributed by atoms with van der Waals surface area (Å²) in [6.07, 6.45) is -4.72. The van der Waals surface area contributed by atoms with E-state index in [-0.39, 0.29) is 16.2 Å². The first kappa shape index (κ1) is 27.7. The molecule has 0 radical (unpaired) electrons. The minimum Gasteiger partial charge on any atom is -0.448 e. The van der Waals surface area contributed by atoms with Crippen LogP contribution in [0.1, 0.15) is 15.9 Å². The third-order valence-corrected chi connectivity index (χ3v) is 6.62. The molecular formula is C24H19BrF4N4O4S. The van der Waals surface area contributed by atoms with Gasteiger partial charge >= 0.3 is 12.3 Å². The summed E-state index contributed by atoms with van der Waals surface area (Å²) in [5.74, 6) is -3.22. The molecule has 1 aliphatic heterocycles. The number of carbonyl (C=O) groups is 2. The molecule has 0 saturated carbocycles. The van der Waals surface area contributed by atoms with E-state index in [4.69, 9.17) is 21.7 Å². The SMILES string of the molecule is O=C(NC(=S)N[C@]1(c2cc(Br)ccc2F)CO[C@@H](C(F)(F)F)[C@@H]1COC(=O)n1ccnc1)c1ccccc1. The molecule has 8 nitrogen and oxygen atoms in total. The van der Waals surface area contributed by atoms with E-state index in [9.17, 15) is 22.8 Å². The van der Waals surface area contributed by atoms with Gasteiger partial charge in [-0.15, -0.1) is 0 Å². The molecule has 0 bridgehead atoms. The summed E-state index contributed by atoms with van der Waals surface area (Å²) in [6, 6.07) is 11.7. The van der Waals surface area contributed by atoms with Crippen molar-refractivity contribution in [2.24, 2.45) is 5.92 Å². The van der Waals surface area contributed by atoms with Crippen LogP contribution in [0.15, 0.2) is 71.7 Å². The molecule has 3 atom stereocenters. The first-order valence-corrected chi connectivity index (χ1v) is 12.2. The Morgan fingerprint density at radius 2 is 1.97 bits per heavy atom. The van der Waals surface area contributed by atoms with E-state index >= 15 is 4.39 Å². The molecule has 1 amide bonds. The third kappa shape index (κ3) is 5.87. The number of ether oxygens (including phenoxy) is 2. The molecule has 0 aliphatic carbocycles. The Bertz CT molecular complexity index is 1330. The van der Waals surface area contributed by atoms with Crippen LogP contribution in [-0.2, 0) is 15.0 Å². The minimum atomic E-state index is -4.91. The maximum atomic E-state index is 15.2. The molecule has 4 rings (SSSR count). The van der Waals surface area contributed by atoms with Crippen LogP contribution >= 0.6 is 28.1 Å². The Morgan fingerprint density at radius 3 is 2.63 bits per heavy atom. The Balaban J connectivity index is 1.71. The molecule has 1 aliphatic rings. The van der Waals surface area contributed by atoms with Crippen molar-refractivity contribution in [1.29, 1.82) is 0 Å². The number of nitrogens with zero attached hydrogens (tertiary/aromatic N) is 2. The molecule has 3 aromatic rings. The molecule has 14 heteroatoms. The summed E-state index contributed by atoms with van der Waals surface area (Å²) < 4.78 is 69.1. The fourth-order valence-corrected chi connectivity index (χ4v) is 4.81. The number of nitrogens with one attached hydrogen (secondary N) is 2. The molecule has 2 heterocycles. The number of imidazole rings is 1. The first-order chi connectivity index (χ1) is 18.0. The standard InChI is InChI=1S/C24H19BrF4N4O4S/c25-15-6-7-18(26)16(10-15)23(32-21(38)31-20(34)14-4-2-1-3-5-14)12-37-19(24(27,28)29)17(23)11-36-22(35)33-9-8-30-13-33/h1-10,13,17,19H,11-12H2,(H2,31,32,34,38)/t17-,19+,23-/m0/s1. The molecule has 1 saturated heterocycles. The van der Waals surface area contributed by atoms with Gasteiger partial charge in [-0.05, 0) is 42.5 Å². The van der Waals surface area contributed by atoms with Crippen molar-refractivity contribution in [3.05, 3.63) is 88.7 Å². The summed E-state index contributed by atoms with van der Waals surface area (Å²) >= 11 is 8.48. The van der Waals surface area contributed by atoms with Crippen LogP contribution < -0.4 is 10.6 Å². The van der Waals surface area contributed by atoms with Gasteiger partial charge in [0.1, 0.15) is 18.8 Å². The molecule has 0 spiro atoms. The summed E-state index contributed by atoms with van der Waals surface area (Å²) in [5, 5.41) is 4.72. The highest BCUT2D eigenvalue weighted by Crippen LogP contribution is 2.46. The average molecular weight is 615 g/mol. The number of benzene rings is 2. The predicted molar refractivity (Wildman–Crippen MR) is 134 cm³/mol. The number of hydrogen-bond donors (Lipinski definition) is 2. The number of thiocarbonyl (C=S) groups is 1. The normalized spacial score (nSPS) is 21.1. The molecule has 1 aromatic heterocycles. The van der Waals surface area contributed by atoms with Crippen molar-refractivity contribution in [3.63, 3.8) is 0 Å². The second kappa shape index (κ2) is 11.2. The van der Waals surface area contributed by atoms with Crippen LogP contribution in [0, 0.1) is 11.7 Å². The van der Waals surface area contributed by atoms with Crippen LogP contribution in [0.3, 0.4) is 0 Å². The van der Waals surface area contributed by atoms with E-state index in [2.05, 4.69) is 31.5 Å². The molecule has 2 N–H and O–H groups in total. The molecule has 2 aromatic carbocycles. The van der Waals surface area contributed by atoms with E-state index in [0.717, 1.165) is 17.0 Å². The van der Waals surface area contributed by atoms with Gasteiger partial charge in [0.15, 0.2) is 11.2 Å². The first-order valence-electron chi connectivity index (χ1n) is 11.0. The number of rotatable bonds is 5. The smallest absolute Gasteiger partial charge is 0.419 e. The number of alkyl halides is 3. The number of amides is 1. The molecule has 1 fully saturated rings. The van der Waals surface area contributed by atoms with E-state index in [0.29, 0.717) is 4.47 Å². The van der Waals surface area contributed by atoms with Gasteiger partial charge in [0.05, 0.1) is 18.1 Å². The number of halogens is 5. The molecular weight excluding hydrogens is 596 g/mol. The summed E-state index contributed by atoms with van der Waals surface area (Å²) in [6.45, 7) is -1.55. The molecule has 38 heavy (non-hydrogen) atoms. The Labute approximate surface area is 227 Å². The van der Waals surface area contributed by atoms with E-state index in [1.54, 1.807) is 18.2 Å². The highest BCUT2D eigenvalue weighted by atomic mass is 79.9. The maximum absolute atomic E-state index is 15.2. The largest absolute Gasteiger partial charge is 0.448 e. The van der Waals surface area contributed by atoms with Crippen molar-refractivity contribution in [2.75, 3.05) is 13.2 Å². The van der Waals surface area contributed by atoms with Crippen LogP contribution in [0.25, 0.3) is 0 Å². The highest BCUT2D eigenvalue weighted by molar-refractivity contribution is 9.10. The van der Waals surface area contributed by atoms with Crippen molar-refractivity contribution in [2.45, 2.75) is 17.8 Å². The Morgan fingerprint density at radius 1 is 1.24 bits per heavy atom. The fraction of sp³-hybridized carbons (Fsp3) is 0.250. The number of aromatic nitrogens is 2. The van der Waals surface area contributed by atoms with Crippen LogP contribution in [-0.4, -0.2) is 52.2 Å². The Kier molecular flexibility index (Phi) is 8.13. The van der Waals surface area contributed by atoms with Crippen LogP contribution in [0.4, 0.5) is 22.4 Å². The zero-order chi connectivity index (χ0) is 27.5. The summed E-state index contributed by atoms with van der Waals surface area (Å²) in [5.41, 5.74) is -2.00. The van der Waals surface area contributed by atoms with Crippen molar-refractivity contribution < 1.29 is 36.6 Å². The van der Waals surface area contributed by atoms with Crippen molar-refractivity contribution in [3.8, 4) is 0 Å². The molecule has 200 valence electrons. The quantitative estimate of drug-likeness (QED) is 0.322. The van der Waals surface area contributed by atoms with Crippen LogP contribution in [0.2, 0.25) is 0 Å². The van der Waals surface area contributed by atoms with Gasteiger partial charge in [0, 0.05) is 28.0 Å². The lowest BCUT2D eigenvalue weighted by Crippen LogP contribution is -2.58. The monoisotopic (exact) mass is 614 g/mol. The average Bonchev–Trinajstić information content (AvgIpc) is 3.53. The van der Waals surface area contributed by atoms with Gasteiger partial charge in [-0.3, -0.25) is 10.1 Å². The lowest BCUT2D eigenvalue weighted by atomic mass is 9.77. The van der Waals surface area contributed by atoms with Crippen molar-refractivity contribution in [1.82, 2.24) is 20.2 Å². The zero-order valence-electron chi connectivity index (χ0n) is 19.2. The summed E-state index contributed by atoms with van der Waals surface area (Å²) in [7, 11) is 0. The van der Waals surface area contributed by atoms with Crippen molar-refractivity contribution >= 4 is 45.3 Å². The lowest BCUT2D eigenvalue weighted by molar-refractivity contribution is -0.219. The van der Waals surface area contributed by atoms with Gasteiger partial charge in [-0.1, -0.05) is 34.1 Å². The zero-order valence-corrected chi connectivity index (χ0v) is 21.6. The van der Waals surface area contributed by atoms with Gasteiger partial charge in [0.25, 0.3) is 5.91 Å². The van der Waals surface area contributed by atoms with Crippen LogP contribution in [0.5, 0.6) is 0 Å². The van der Waals surface area contributed by atoms with Gasteiger partial charge in [0.2, 0.25) is 0 Å². The summed E-state index contributed by atoms with van der Waals surface area (Å²) in [4.78, 5) is 28.7. The second-order valence-electron chi connectivity index (χ2n) is 8.30. The predicted octanol–water partition coefficient (Wildman–Crippen LogP) is 4.55.